The van der Waals surface area contributed by atoms with Gasteiger partial charge in [0.15, 0.2) is 0 Å². The number of carbonyl (C=O) groups is 2. The normalized spacial score (nSPS) is 15.8. The van der Waals surface area contributed by atoms with E-state index in [-0.39, 0.29) is 18.4 Å². The number of hydrogen-bond donors (Lipinski definition) is 2. The van der Waals surface area contributed by atoms with Gasteiger partial charge in [-0.2, -0.15) is 0 Å². The molecule has 1 aliphatic rings. The molecule has 2 rings (SSSR count). The van der Waals surface area contributed by atoms with Gasteiger partial charge in [0.25, 0.3) is 0 Å². The zero-order chi connectivity index (χ0) is 18.8. The summed E-state index contributed by atoms with van der Waals surface area (Å²) < 4.78 is 0. The Kier molecular flexibility index (Phi) is 8.62. The standard InChI is InChI=1S/C21H33N3O2/c1-17(2)8-9-20(25)23-15-21(26)22-14-18-10-12-24(13-11-18)16-19-6-4-3-5-7-19/h3-7,17-18H,8-16H2,1-2H3,(H,22,26)(H,23,25). The highest BCUT2D eigenvalue weighted by Gasteiger charge is 2.19. The molecule has 5 nitrogen and oxygen atoms in total. The maximum Gasteiger partial charge on any atom is 0.239 e. The average Bonchev–Trinajstić information content (AvgIpc) is 2.65. The molecule has 5 heteroatoms. The lowest BCUT2D eigenvalue weighted by Gasteiger charge is -2.32. The number of nitrogens with one attached hydrogen (secondary N) is 2. The molecule has 0 atom stereocenters. The van der Waals surface area contributed by atoms with Crippen LogP contribution in [0.25, 0.3) is 0 Å². The Morgan fingerprint density at radius 1 is 1.08 bits per heavy atom. The van der Waals surface area contributed by atoms with Gasteiger partial charge < -0.3 is 10.6 Å². The summed E-state index contributed by atoms with van der Waals surface area (Å²) in [4.78, 5) is 26.0. The molecule has 2 N–H and O–H groups in total. The molecule has 1 aromatic rings. The highest BCUT2D eigenvalue weighted by Crippen LogP contribution is 2.18. The summed E-state index contributed by atoms with van der Waals surface area (Å²) in [7, 11) is 0. The van der Waals surface area contributed by atoms with Crippen LogP contribution in [0.15, 0.2) is 30.3 Å². The van der Waals surface area contributed by atoms with Crippen LogP contribution in [-0.4, -0.2) is 42.9 Å². The Labute approximate surface area is 157 Å². The number of nitrogens with zero attached hydrogens (tertiary/aromatic N) is 1. The third-order valence-electron chi connectivity index (χ3n) is 4.94. The quantitative estimate of drug-likeness (QED) is 0.712. The molecule has 0 aromatic heterocycles. The lowest BCUT2D eigenvalue weighted by Crippen LogP contribution is -2.41. The third kappa shape index (κ3) is 8.00. The van der Waals surface area contributed by atoms with Gasteiger partial charge in [-0.05, 0) is 49.8 Å². The molecule has 0 radical (unpaired) electrons. The van der Waals surface area contributed by atoms with Crippen molar-refractivity contribution in [2.75, 3.05) is 26.2 Å². The van der Waals surface area contributed by atoms with E-state index in [0.717, 1.165) is 38.9 Å². The second kappa shape index (κ2) is 11.0. The molecule has 1 aromatic carbocycles. The molecule has 1 saturated heterocycles. The van der Waals surface area contributed by atoms with E-state index in [9.17, 15) is 9.59 Å². The van der Waals surface area contributed by atoms with Gasteiger partial charge in [0.05, 0.1) is 6.54 Å². The predicted octanol–water partition coefficient (Wildman–Crippen LogP) is 2.57. The number of hydrogen-bond acceptors (Lipinski definition) is 3. The average molecular weight is 360 g/mol. The lowest BCUT2D eigenvalue weighted by molar-refractivity contribution is -0.126. The van der Waals surface area contributed by atoms with Crippen LogP contribution < -0.4 is 10.6 Å². The van der Waals surface area contributed by atoms with Gasteiger partial charge in [0.2, 0.25) is 11.8 Å². The van der Waals surface area contributed by atoms with Gasteiger partial charge >= 0.3 is 0 Å². The zero-order valence-electron chi connectivity index (χ0n) is 16.2. The van der Waals surface area contributed by atoms with Crippen molar-refractivity contribution >= 4 is 11.8 Å². The van der Waals surface area contributed by atoms with Crippen molar-refractivity contribution in [1.29, 1.82) is 0 Å². The first kappa shape index (κ1) is 20.4. The van der Waals surface area contributed by atoms with Crippen molar-refractivity contribution in [1.82, 2.24) is 15.5 Å². The molecule has 1 heterocycles. The molecule has 2 amide bonds. The van der Waals surface area contributed by atoms with Gasteiger partial charge in [0.1, 0.15) is 0 Å². The summed E-state index contributed by atoms with van der Waals surface area (Å²) in [5.41, 5.74) is 1.35. The van der Waals surface area contributed by atoms with E-state index >= 15 is 0 Å². The zero-order valence-corrected chi connectivity index (χ0v) is 16.2. The maximum absolute atomic E-state index is 11.9. The van der Waals surface area contributed by atoms with E-state index in [1.165, 1.54) is 5.56 Å². The molecular weight excluding hydrogens is 326 g/mol. The summed E-state index contributed by atoms with van der Waals surface area (Å²) in [6, 6.07) is 10.5. The third-order valence-corrected chi connectivity index (χ3v) is 4.94. The Bertz CT molecular complexity index is 552. The first-order valence-electron chi connectivity index (χ1n) is 9.82. The van der Waals surface area contributed by atoms with E-state index in [2.05, 4.69) is 53.6 Å². The van der Waals surface area contributed by atoms with Crippen molar-refractivity contribution < 1.29 is 9.59 Å². The predicted molar refractivity (Wildman–Crippen MR) is 105 cm³/mol. The number of amides is 2. The highest BCUT2D eigenvalue weighted by atomic mass is 16.2. The van der Waals surface area contributed by atoms with Crippen molar-refractivity contribution in [3.63, 3.8) is 0 Å². The van der Waals surface area contributed by atoms with Gasteiger partial charge in [-0.1, -0.05) is 44.2 Å². The lowest BCUT2D eigenvalue weighted by atomic mass is 9.96. The fourth-order valence-corrected chi connectivity index (χ4v) is 3.20. The number of piperidine rings is 1. The molecule has 1 aliphatic heterocycles. The van der Waals surface area contributed by atoms with Gasteiger partial charge in [-0.3, -0.25) is 14.5 Å². The van der Waals surface area contributed by atoms with Crippen LogP contribution in [0.2, 0.25) is 0 Å². The van der Waals surface area contributed by atoms with E-state index < -0.39 is 0 Å². The van der Waals surface area contributed by atoms with Crippen molar-refractivity contribution in [2.24, 2.45) is 11.8 Å². The van der Waals surface area contributed by atoms with Gasteiger partial charge in [-0.25, -0.2) is 0 Å². The minimum absolute atomic E-state index is 0.0388. The smallest absolute Gasteiger partial charge is 0.239 e. The van der Waals surface area contributed by atoms with Crippen molar-refractivity contribution in [2.45, 2.75) is 46.1 Å². The number of carbonyl (C=O) groups excluding carboxylic acids is 2. The topological polar surface area (TPSA) is 61.4 Å². The van der Waals surface area contributed by atoms with Crippen LogP contribution in [0.3, 0.4) is 0 Å². The second-order valence-electron chi connectivity index (χ2n) is 7.72. The van der Waals surface area contributed by atoms with Crippen LogP contribution in [-0.2, 0) is 16.1 Å². The SMILES string of the molecule is CC(C)CCC(=O)NCC(=O)NCC1CCN(Cc2ccccc2)CC1. The molecule has 144 valence electrons. The van der Waals surface area contributed by atoms with Crippen LogP contribution >= 0.6 is 0 Å². The summed E-state index contributed by atoms with van der Waals surface area (Å²) in [5, 5.41) is 5.67. The Morgan fingerprint density at radius 2 is 1.77 bits per heavy atom. The molecule has 0 aliphatic carbocycles. The first-order chi connectivity index (χ1) is 12.5. The van der Waals surface area contributed by atoms with E-state index in [1.807, 2.05) is 6.07 Å². The Hall–Kier alpha value is -1.88. The number of benzene rings is 1. The van der Waals surface area contributed by atoms with E-state index in [4.69, 9.17) is 0 Å². The minimum Gasteiger partial charge on any atom is -0.354 e. The van der Waals surface area contributed by atoms with E-state index in [0.29, 0.717) is 24.8 Å². The fourth-order valence-electron chi connectivity index (χ4n) is 3.20. The van der Waals surface area contributed by atoms with Crippen molar-refractivity contribution in [3.8, 4) is 0 Å². The minimum atomic E-state index is -0.0883. The summed E-state index contributed by atoms with van der Waals surface area (Å²) in [6.45, 7) is 8.12. The molecule has 1 fully saturated rings. The molecular formula is C21H33N3O2. The monoisotopic (exact) mass is 359 g/mol. The highest BCUT2D eigenvalue weighted by molar-refractivity contribution is 5.84. The van der Waals surface area contributed by atoms with Gasteiger partial charge in [-0.15, -0.1) is 0 Å². The van der Waals surface area contributed by atoms with Crippen molar-refractivity contribution in [3.05, 3.63) is 35.9 Å². The number of likely N-dealkylation sites (tertiary alicyclic amines) is 1. The van der Waals surface area contributed by atoms with Crippen LogP contribution in [0.4, 0.5) is 0 Å². The Balaban J connectivity index is 1.56. The van der Waals surface area contributed by atoms with Crippen LogP contribution in [0, 0.1) is 11.8 Å². The summed E-state index contributed by atoms with van der Waals surface area (Å²) in [5.74, 6) is 0.905. The summed E-state index contributed by atoms with van der Waals surface area (Å²) >= 11 is 0. The number of rotatable bonds is 9. The Morgan fingerprint density at radius 3 is 2.42 bits per heavy atom. The molecule has 26 heavy (non-hydrogen) atoms. The van der Waals surface area contributed by atoms with Crippen LogP contribution in [0.1, 0.15) is 45.1 Å². The second-order valence-corrected chi connectivity index (χ2v) is 7.72. The summed E-state index contributed by atoms with van der Waals surface area (Å²) in [6.07, 6.45) is 3.56. The van der Waals surface area contributed by atoms with E-state index in [1.54, 1.807) is 0 Å². The van der Waals surface area contributed by atoms with Gasteiger partial charge in [0, 0.05) is 19.5 Å². The molecule has 0 saturated carbocycles. The van der Waals surface area contributed by atoms with Crippen LogP contribution in [0.5, 0.6) is 0 Å². The largest absolute Gasteiger partial charge is 0.354 e. The molecule has 0 spiro atoms. The fraction of sp³-hybridized carbons (Fsp3) is 0.619. The molecule has 0 bridgehead atoms. The first-order valence-corrected chi connectivity index (χ1v) is 9.82. The molecule has 0 unspecified atom stereocenters. The maximum atomic E-state index is 11.9.